The minimum Gasteiger partial charge on any atom is -0.454 e. The van der Waals surface area contributed by atoms with Crippen molar-refractivity contribution in [3.63, 3.8) is 0 Å². The Morgan fingerprint density at radius 3 is 2.51 bits per heavy atom. The molecular formula is C31H32FN5O4. The maximum atomic E-state index is 15.1. The van der Waals surface area contributed by atoms with Crippen LogP contribution in [0.4, 0.5) is 15.0 Å². The van der Waals surface area contributed by atoms with Crippen LogP contribution in [0, 0.1) is 12.7 Å². The van der Waals surface area contributed by atoms with E-state index in [0.717, 1.165) is 19.3 Å². The number of ketones is 1. The minimum atomic E-state index is -0.656. The van der Waals surface area contributed by atoms with Crippen molar-refractivity contribution in [2.24, 2.45) is 0 Å². The van der Waals surface area contributed by atoms with Crippen molar-refractivity contribution in [2.45, 2.75) is 46.1 Å². The average Bonchev–Trinajstić information content (AvgIpc) is 3.58. The van der Waals surface area contributed by atoms with Gasteiger partial charge in [0.25, 0.3) is 5.56 Å². The second-order valence-corrected chi connectivity index (χ2v) is 10.0. The average molecular weight is 558 g/mol. The van der Waals surface area contributed by atoms with Crippen LogP contribution < -0.4 is 15.6 Å². The quantitative estimate of drug-likeness (QED) is 0.265. The van der Waals surface area contributed by atoms with E-state index in [1.165, 1.54) is 29.1 Å². The summed E-state index contributed by atoms with van der Waals surface area (Å²) in [6.45, 7) is 5.75. The third kappa shape index (κ3) is 6.06. The molecule has 0 spiro atoms. The van der Waals surface area contributed by atoms with Crippen LogP contribution >= 0.6 is 0 Å². The first-order valence-corrected chi connectivity index (χ1v) is 13.7. The van der Waals surface area contributed by atoms with Crippen LogP contribution in [0.15, 0.2) is 71.7 Å². The molecule has 10 heteroatoms. The Hall–Kier alpha value is -4.73. The third-order valence-corrected chi connectivity index (χ3v) is 7.06. The Morgan fingerprint density at radius 1 is 1.05 bits per heavy atom. The largest absolute Gasteiger partial charge is 0.454 e. The van der Waals surface area contributed by atoms with Gasteiger partial charge in [0.1, 0.15) is 17.1 Å². The van der Waals surface area contributed by atoms with Crippen LogP contribution in [-0.4, -0.2) is 44.2 Å². The van der Waals surface area contributed by atoms with Crippen molar-refractivity contribution < 1.29 is 18.7 Å². The SMILES string of the molecule is CCCn1c(C)c(C(=O)Cc2ccc(Oc3ccnc(NC(=O)N4CCCC4)c3)c(F)c2)c(=O)n1-c1ccccc1. The summed E-state index contributed by atoms with van der Waals surface area (Å²) in [5, 5.41) is 2.74. The maximum Gasteiger partial charge on any atom is 0.323 e. The van der Waals surface area contributed by atoms with Gasteiger partial charge in [-0.15, -0.1) is 0 Å². The highest BCUT2D eigenvalue weighted by Gasteiger charge is 2.24. The number of nitrogens with zero attached hydrogens (tertiary/aromatic N) is 4. The predicted molar refractivity (Wildman–Crippen MR) is 154 cm³/mol. The number of hydrogen-bond acceptors (Lipinski definition) is 5. The van der Waals surface area contributed by atoms with Gasteiger partial charge in [-0.1, -0.05) is 31.2 Å². The molecule has 1 aliphatic rings. The number of anilines is 1. The van der Waals surface area contributed by atoms with E-state index in [4.69, 9.17) is 4.74 Å². The third-order valence-electron chi connectivity index (χ3n) is 7.06. The lowest BCUT2D eigenvalue weighted by atomic mass is 10.0. The number of para-hydroxylation sites is 1. The second-order valence-electron chi connectivity index (χ2n) is 10.0. The van der Waals surface area contributed by atoms with Crippen molar-refractivity contribution in [3.05, 3.63) is 99.9 Å². The van der Waals surface area contributed by atoms with Gasteiger partial charge in [0.05, 0.1) is 5.69 Å². The summed E-state index contributed by atoms with van der Waals surface area (Å²) in [6.07, 6.45) is 4.06. The van der Waals surface area contributed by atoms with Crippen LogP contribution in [0.2, 0.25) is 0 Å². The van der Waals surface area contributed by atoms with Crippen molar-refractivity contribution in [3.8, 4) is 17.2 Å². The summed E-state index contributed by atoms with van der Waals surface area (Å²) in [5.74, 6) is -0.479. The zero-order valence-electron chi connectivity index (χ0n) is 23.1. The number of aromatic nitrogens is 3. The van der Waals surface area contributed by atoms with E-state index in [0.29, 0.717) is 48.1 Å². The molecule has 0 saturated carbocycles. The molecule has 1 fully saturated rings. The first-order valence-electron chi connectivity index (χ1n) is 13.7. The normalized spacial score (nSPS) is 12.9. The first-order chi connectivity index (χ1) is 19.9. The Labute approximate surface area is 237 Å². The van der Waals surface area contributed by atoms with Crippen LogP contribution in [0.3, 0.4) is 0 Å². The van der Waals surface area contributed by atoms with Crippen molar-refractivity contribution >= 4 is 17.6 Å². The maximum absolute atomic E-state index is 15.1. The summed E-state index contributed by atoms with van der Waals surface area (Å²) in [5.41, 5.74) is 1.38. The van der Waals surface area contributed by atoms with E-state index in [-0.39, 0.29) is 29.5 Å². The number of Topliss-reactive ketones (excluding diaryl/α,β-unsaturated/α-hetero) is 1. The molecule has 0 unspecified atom stereocenters. The summed E-state index contributed by atoms with van der Waals surface area (Å²) in [6, 6.07) is 16.3. The standard InChI is InChI=1S/C31H32FN5O4/c1-3-15-36-21(2)29(30(39)37(36)23-9-5-4-6-10-23)26(38)19-22-11-12-27(25(32)18-22)41-24-13-14-33-28(20-24)34-31(40)35-16-7-8-17-35/h4-6,9-14,18,20H,3,7-8,15-17,19H2,1-2H3,(H,33,34,40). The number of pyridine rings is 1. The van der Waals surface area contributed by atoms with E-state index >= 15 is 4.39 Å². The number of likely N-dealkylation sites (tertiary alicyclic amines) is 1. The molecule has 3 heterocycles. The number of benzene rings is 2. The number of nitrogens with one attached hydrogen (secondary N) is 1. The topological polar surface area (TPSA) is 98.5 Å². The Balaban J connectivity index is 1.31. The molecule has 2 aromatic carbocycles. The van der Waals surface area contributed by atoms with Gasteiger partial charge in [0.15, 0.2) is 17.3 Å². The van der Waals surface area contributed by atoms with Crippen LogP contribution in [0.25, 0.3) is 5.69 Å². The van der Waals surface area contributed by atoms with Crippen molar-refractivity contribution in [2.75, 3.05) is 18.4 Å². The minimum absolute atomic E-state index is 0.0408. The van der Waals surface area contributed by atoms with Crippen LogP contribution in [0.5, 0.6) is 11.5 Å². The summed E-state index contributed by atoms with van der Waals surface area (Å²) in [4.78, 5) is 45.0. The number of halogens is 1. The fourth-order valence-electron chi connectivity index (χ4n) is 5.07. The molecule has 9 nitrogen and oxygen atoms in total. The number of hydrogen-bond donors (Lipinski definition) is 1. The number of rotatable bonds is 9. The molecule has 0 aliphatic carbocycles. The molecule has 1 N–H and O–H groups in total. The van der Waals surface area contributed by atoms with Crippen LogP contribution in [-0.2, 0) is 13.0 Å². The molecule has 2 aromatic heterocycles. The molecule has 41 heavy (non-hydrogen) atoms. The molecular weight excluding hydrogens is 525 g/mol. The number of carbonyl (C=O) groups is 2. The molecule has 4 aromatic rings. The number of carbonyl (C=O) groups excluding carboxylic acids is 2. The molecule has 212 valence electrons. The lowest BCUT2D eigenvalue weighted by Crippen LogP contribution is -2.32. The molecule has 0 atom stereocenters. The monoisotopic (exact) mass is 557 g/mol. The summed E-state index contributed by atoms with van der Waals surface area (Å²) in [7, 11) is 0. The van der Waals surface area contributed by atoms with E-state index < -0.39 is 11.4 Å². The fourth-order valence-corrected chi connectivity index (χ4v) is 5.07. The van der Waals surface area contributed by atoms with E-state index in [1.54, 1.807) is 24.0 Å². The Kier molecular flexibility index (Phi) is 8.28. The van der Waals surface area contributed by atoms with Gasteiger partial charge in [-0.3, -0.25) is 19.6 Å². The highest BCUT2D eigenvalue weighted by atomic mass is 19.1. The molecule has 2 amide bonds. The molecule has 1 saturated heterocycles. The van der Waals surface area contributed by atoms with Crippen LogP contribution in [0.1, 0.15) is 47.8 Å². The number of amides is 2. The van der Waals surface area contributed by atoms with E-state index in [2.05, 4.69) is 10.3 Å². The predicted octanol–water partition coefficient (Wildman–Crippen LogP) is 5.74. The fraction of sp³-hybridized carbons (Fsp3) is 0.290. The smallest absolute Gasteiger partial charge is 0.323 e. The van der Waals surface area contributed by atoms with Crippen molar-refractivity contribution in [1.29, 1.82) is 0 Å². The summed E-state index contributed by atoms with van der Waals surface area (Å²) < 4.78 is 24.1. The molecule has 0 bridgehead atoms. The zero-order valence-corrected chi connectivity index (χ0v) is 23.1. The number of urea groups is 1. The number of ether oxygens (including phenoxy) is 1. The lowest BCUT2D eigenvalue weighted by Gasteiger charge is -2.16. The van der Waals surface area contributed by atoms with Gasteiger partial charge in [-0.25, -0.2) is 18.9 Å². The first kappa shape index (κ1) is 27.8. The van der Waals surface area contributed by atoms with Gasteiger partial charge >= 0.3 is 6.03 Å². The molecule has 0 radical (unpaired) electrons. The van der Waals surface area contributed by atoms with Gasteiger partial charge in [0.2, 0.25) is 0 Å². The Morgan fingerprint density at radius 2 is 1.80 bits per heavy atom. The van der Waals surface area contributed by atoms with Crippen molar-refractivity contribution in [1.82, 2.24) is 19.2 Å². The van der Waals surface area contributed by atoms with E-state index in [9.17, 15) is 14.4 Å². The molecule has 5 rings (SSSR count). The summed E-state index contributed by atoms with van der Waals surface area (Å²) >= 11 is 0. The van der Waals surface area contributed by atoms with Gasteiger partial charge < -0.3 is 9.64 Å². The van der Waals surface area contributed by atoms with Gasteiger partial charge in [-0.05, 0) is 62.1 Å². The van der Waals surface area contributed by atoms with Gasteiger partial charge in [0, 0.05) is 44.0 Å². The highest BCUT2D eigenvalue weighted by Crippen LogP contribution is 2.27. The lowest BCUT2D eigenvalue weighted by molar-refractivity contribution is 0.0991. The molecule has 1 aliphatic heterocycles. The van der Waals surface area contributed by atoms with E-state index in [1.807, 2.05) is 41.9 Å². The zero-order chi connectivity index (χ0) is 28.9. The highest BCUT2D eigenvalue weighted by molar-refractivity contribution is 5.98. The Bertz CT molecular complexity index is 1620. The second kappa shape index (κ2) is 12.2. The van der Waals surface area contributed by atoms with Gasteiger partial charge in [-0.2, -0.15) is 0 Å².